The predicted octanol–water partition coefficient (Wildman–Crippen LogP) is 1.18. The fraction of sp³-hybridized carbons (Fsp3) is 0.417. The van der Waals surface area contributed by atoms with E-state index in [-0.39, 0.29) is 5.78 Å². The molecule has 0 spiro atoms. The largest absolute Gasteiger partial charge is 0.347 e. The first-order chi connectivity index (χ1) is 8.22. The van der Waals surface area contributed by atoms with Gasteiger partial charge in [0.2, 0.25) is 0 Å². The van der Waals surface area contributed by atoms with Crippen LogP contribution in [0.4, 0.5) is 0 Å². The maximum atomic E-state index is 11.7. The van der Waals surface area contributed by atoms with Crippen LogP contribution in [0.25, 0.3) is 0 Å². The third-order valence-electron chi connectivity index (χ3n) is 3.11. The van der Waals surface area contributed by atoms with Crippen LogP contribution in [-0.4, -0.2) is 25.3 Å². The van der Waals surface area contributed by atoms with E-state index in [2.05, 4.69) is 16.5 Å². The van der Waals surface area contributed by atoms with Crippen LogP contribution in [0.3, 0.4) is 0 Å². The normalized spacial score (nSPS) is 15.0. The molecular formula is C12H14N4O. The van der Waals surface area contributed by atoms with Crippen molar-refractivity contribution < 1.29 is 4.79 Å². The van der Waals surface area contributed by atoms with Gasteiger partial charge in [-0.25, -0.2) is 0 Å². The molecule has 2 aromatic rings. The molecule has 17 heavy (non-hydrogen) atoms. The lowest BCUT2D eigenvalue weighted by Crippen LogP contribution is -2.07. The standard InChI is InChI=1S/C12H14N4O/c1-15-6-10(13-14-15)7-16-5-9-3-2-4-12(17)11(9)8-16/h5-6,8H,2-4,7H2,1H3. The molecule has 2 aromatic heterocycles. The first-order valence-corrected chi connectivity index (χ1v) is 5.79. The molecule has 5 heteroatoms. The summed E-state index contributed by atoms with van der Waals surface area (Å²) in [6.07, 6.45) is 8.55. The number of carbonyl (C=O) groups excluding carboxylic acids is 1. The molecule has 0 fully saturated rings. The molecule has 88 valence electrons. The maximum Gasteiger partial charge on any atom is 0.164 e. The van der Waals surface area contributed by atoms with E-state index in [9.17, 15) is 4.79 Å². The lowest BCUT2D eigenvalue weighted by molar-refractivity contribution is 0.0973. The smallest absolute Gasteiger partial charge is 0.164 e. The van der Waals surface area contributed by atoms with Gasteiger partial charge >= 0.3 is 0 Å². The van der Waals surface area contributed by atoms with Gasteiger partial charge in [-0.05, 0) is 18.4 Å². The van der Waals surface area contributed by atoms with Crippen molar-refractivity contribution in [3.05, 3.63) is 35.4 Å². The van der Waals surface area contributed by atoms with Crippen molar-refractivity contribution in [3.63, 3.8) is 0 Å². The van der Waals surface area contributed by atoms with Crippen molar-refractivity contribution in [2.75, 3.05) is 0 Å². The molecule has 3 rings (SSSR count). The summed E-state index contributed by atoms with van der Waals surface area (Å²) in [5.74, 6) is 0.268. The number of hydrogen-bond donors (Lipinski definition) is 0. The number of Topliss-reactive ketones (excluding diaryl/α,β-unsaturated/α-hetero) is 1. The molecule has 0 N–H and O–H groups in total. The van der Waals surface area contributed by atoms with E-state index in [1.165, 1.54) is 5.56 Å². The summed E-state index contributed by atoms with van der Waals surface area (Å²) in [5.41, 5.74) is 2.97. The minimum atomic E-state index is 0.268. The summed E-state index contributed by atoms with van der Waals surface area (Å²) < 4.78 is 3.71. The molecule has 0 amide bonds. The Balaban J connectivity index is 1.87. The van der Waals surface area contributed by atoms with Gasteiger partial charge in [0.05, 0.1) is 6.54 Å². The number of rotatable bonds is 2. The lowest BCUT2D eigenvalue weighted by Gasteiger charge is -2.07. The third-order valence-corrected chi connectivity index (χ3v) is 3.11. The summed E-state index contributed by atoms with van der Waals surface area (Å²) in [6.45, 7) is 0.675. The van der Waals surface area contributed by atoms with Gasteiger partial charge in [0, 0.05) is 37.6 Å². The van der Waals surface area contributed by atoms with E-state index >= 15 is 0 Å². The van der Waals surface area contributed by atoms with Crippen molar-refractivity contribution >= 4 is 5.78 Å². The lowest BCUT2D eigenvalue weighted by atomic mass is 9.95. The van der Waals surface area contributed by atoms with Gasteiger partial charge in [-0.1, -0.05) is 5.21 Å². The first-order valence-electron chi connectivity index (χ1n) is 5.79. The zero-order chi connectivity index (χ0) is 11.8. The SMILES string of the molecule is Cn1cc(Cn2cc3c(c2)C(=O)CCC3)nn1. The average molecular weight is 230 g/mol. The summed E-state index contributed by atoms with van der Waals surface area (Å²) in [5, 5.41) is 7.94. The quantitative estimate of drug-likeness (QED) is 0.778. The van der Waals surface area contributed by atoms with Crippen LogP contribution in [0.1, 0.15) is 34.5 Å². The summed E-state index contributed by atoms with van der Waals surface area (Å²) >= 11 is 0. The van der Waals surface area contributed by atoms with Crippen LogP contribution in [0.5, 0.6) is 0 Å². The molecule has 2 heterocycles. The predicted molar refractivity (Wildman–Crippen MR) is 61.8 cm³/mol. The Bertz CT molecular complexity index is 567. The Labute approximate surface area is 99.0 Å². The number of hydrogen-bond acceptors (Lipinski definition) is 3. The Morgan fingerprint density at radius 3 is 2.88 bits per heavy atom. The highest BCUT2D eigenvalue weighted by Gasteiger charge is 2.19. The summed E-state index contributed by atoms with van der Waals surface area (Å²) in [7, 11) is 1.85. The zero-order valence-corrected chi connectivity index (χ0v) is 9.76. The van der Waals surface area contributed by atoms with E-state index in [0.717, 1.165) is 24.1 Å². The molecule has 0 unspecified atom stereocenters. The first kappa shape index (κ1) is 10.3. The van der Waals surface area contributed by atoms with Gasteiger partial charge in [0.25, 0.3) is 0 Å². The number of aryl methyl sites for hydroxylation is 2. The van der Waals surface area contributed by atoms with Gasteiger partial charge in [-0.2, -0.15) is 0 Å². The van der Waals surface area contributed by atoms with Gasteiger partial charge in [-0.15, -0.1) is 5.10 Å². The highest BCUT2D eigenvalue weighted by Crippen LogP contribution is 2.22. The number of fused-ring (bicyclic) bond motifs is 1. The van der Waals surface area contributed by atoms with E-state index in [4.69, 9.17) is 0 Å². The van der Waals surface area contributed by atoms with E-state index < -0.39 is 0 Å². The van der Waals surface area contributed by atoms with E-state index in [1.807, 2.05) is 24.0 Å². The minimum Gasteiger partial charge on any atom is -0.347 e. The van der Waals surface area contributed by atoms with Crippen LogP contribution in [0, 0.1) is 0 Å². The van der Waals surface area contributed by atoms with E-state index in [1.54, 1.807) is 4.68 Å². The monoisotopic (exact) mass is 230 g/mol. The van der Waals surface area contributed by atoms with Crippen LogP contribution in [0.2, 0.25) is 0 Å². The second-order valence-electron chi connectivity index (χ2n) is 4.53. The topological polar surface area (TPSA) is 52.7 Å². The van der Waals surface area contributed by atoms with Gasteiger partial charge in [0.1, 0.15) is 5.69 Å². The number of carbonyl (C=O) groups is 1. The van der Waals surface area contributed by atoms with Crippen LogP contribution in [-0.2, 0) is 20.0 Å². The zero-order valence-electron chi connectivity index (χ0n) is 9.76. The van der Waals surface area contributed by atoms with Crippen molar-refractivity contribution in [1.29, 1.82) is 0 Å². The molecule has 0 atom stereocenters. The molecule has 0 bridgehead atoms. The van der Waals surface area contributed by atoms with Crippen molar-refractivity contribution in [2.24, 2.45) is 7.05 Å². The summed E-state index contributed by atoms with van der Waals surface area (Å²) in [6, 6.07) is 0. The highest BCUT2D eigenvalue weighted by molar-refractivity contribution is 5.98. The fourth-order valence-corrected chi connectivity index (χ4v) is 2.33. The Morgan fingerprint density at radius 2 is 2.18 bits per heavy atom. The molecule has 0 aromatic carbocycles. The Kier molecular flexibility index (Phi) is 2.31. The van der Waals surface area contributed by atoms with Crippen LogP contribution >= 0.6 is 0 Å². The number of aromatic nitrogens is 4. The van der Waals surface area contributed by atoms with E-state index in [0.29, 0.717) is 13.0 Å². The molecule has 5 nitrogen and oxygen atoms in total. The fourth-order valence-electron chi connectivity index (χ4n) is 2.33. The number of ketones is 1. The molecule has 1 aliphatic carbocycles. The molecule has 0 saturated carbocycles. The van der Waals surface area contributed by atoms with Gasteiger partial charge in [-0.3, -0.25) is 9.48 Å². The highest BCUT2D eigenvalue weighted by atomic mass is 16.1. The third kappa shape index (κ3) is 1.88. The van der Waals surface area contributed by atoms with Crippen molar-refractivity contribution in [3.8, 4) is 0 Å². The van der Waals surface area contributed by atoms with Crippen LogP contribution < -0.4 is 0 Å². The summed E-state index contributed by atoms with van der Waals surface area (Å²) in [4.78, 5) is 11.7. The van der Waals surface area contributed by atoms with Gasteiger partial charge < -0.3 is 4.57 Å². The Morgan fingerprint density at radius 1 is 1.29 bits per heavy atom. The second kappa shape index (κ2) is 3.84. The Hall–Kier alpha value is -1.91. The molecular weight excluding hydrogens is 216 g/mol. The molecule has 0 radical (unpaired) electrons. The van der Waals surface area contributed by atoms with Gasteiger partial charge in [0.15, 0.2) is 5.78 Å². The van der Waals surface area contributed by atoms with Crippen molar-refractivity contribution in [2.45, 2.75) is 25.8 Å². The van der Waals surface area contributed by atoms with Crippen LogP contribution in [0.15, 0.2) is 18.6 Å². The number of nitrogens with zero attached hydrogens (tertiary/aromatic N) is 4. The molecule has 1 aliphatic rings. The second-order valence-corrected chi connectivity index (χ2v) is 4.53. The minimum absolute atomic E-state index is 0.268. The molecule has 0 aliphatic heterocycles. The molecule has 0 saturated heterocycles. The van der Waals surface area contributed by atoms with Crippen molar-refractivity contribution in [1.82, 2.24) is 19.6 Å². The average Bonchev–Trinajstić information content (AvgIpc) is 2.86. The maximum absolute atomic E-state index is 11.7.